The van der Waals surface area contributed by atoms with Crippen molar-refractivity contribution in [2.75, 3.05) is 11.9 Å². The predicted octanol–water partition coefficient (Wildman–Crippen LogP) is 3.36. The molecule has 5 nitrogen and oxygen atoms in total. The lowest BCUT2D eigenvalue weighted by Crippen LogP contribution is -2.28. The van der Waals surface area contributed by atoms with Crippen LogP contribution in [0.5, 0.6) is 0 Å². The molecule has 1 atom stereocenters. The molecule has 2 N–H and O–H groups in total. The molecule has 0 aromatic heterocycles. The number of benzene rings is 1. The highest BCUT2D eigenvalue weighted by atomic mass is 35.5. The molecule has 1 aromatic carbocycles. The fourth-order valence-corrected chi connectivity index (χ4v) is 3.18. The van der Waals surface area contributed by atoms with Gasteiger partial charge in [-0.3, -0.25) is 14.6 Å². The zero-order chi connectivity index (χ0) is 16.8. The Labute approximate surface area is 145 Å². The molecule has 0 aliphatic carbocycles. The lowest BCUT2D eigenvalue weighted by molar-refractivity contribution is -0.122. The smallest absolute Gasteiger partial charge is 0.240 e. The first-order valence-corrected chi connectivity index (χ1v) is 8.83. The molecule has 1 aromatic rings. The number of anilines is 1. The minimum atomic E-state index is -0.434. The molecule has 7 heteroatoms. The first-order chi connectivity index (χ1) is 11.0. The summed E-state index contributed by atoms with van der Waals surface area (Å²) in [5.74, 6) is -0.380. The van der Waals surface area contributed by atoms with Crippen LogP contribution in [0.1, 0.15) is 31.7 Å². The molecule has 0 unspecified atom stereocenters. The molecule has 1 fully saturated rings. The van der Waals surface area contributed by atoms with Gasteiger partial charge in [0.15, 0.2) is 5.17 Å². The minimum Gasteiger partial charge on any atom is -0.326 e. The molecule has 124 valence electrons. The molecular weight excluding hydrogens is 334 g/mol. The van der Waals surface area contributed by atoms with Crippen molar-refractivity contribution in [3.8, 4) is 0 Å². The van der Waals surface area contributed by atoms with Gasteiger partial charge in [0.25, 0.3) is 0 Å². The van der Waals surface area contributed by atoms with Crippen LogP contribution in [0.2, 0.25) is 5.02 Å². The molecule has 2 rings (SSSR count). The number of rotatable bonds is 6. The highest BCUT2D eigenvalue weighted by molar-refractivity contribution is 8.15. The van der Waals surface area contributed by atoms with Gasteiger partial charge in [0.2, 0.25) is 11.8 Å². The standard InChI is InChI=1S/C16H20ClN3O2S/c1-3-4-7-18-16-20-15(22)13(23-16)9-14(21)19-11-6-5-10(2)12(17)8-11/h5-6,8,13H,3-4,7,9H2,1-2H3,(H,19,21)(H,18,20,22)/t13-/m1/s1. The topological polar surface area (TPSA) is 70.6 Å². The van der Waals surface area contributed by atoms with Gasteiger partial charge in [-0.05, 0) is 31.0 Å². The number of aliphatic imine (C=N–C) groups is 1. The minimum absolute atomic E-state index is 0.106. The molecule has 23 heavy (non-hydrogen) atoms. The Morgan fingerprint density at radius 1 is 1.48 bits per heavy atom. The third kappa shape index (κ3) is 5.25. The fraction of sp³-hybridized carbons (Fsp3) is 0.438. The van der Waals surface area contributed by atoms with Gasteiger partial charge in [-0.15, -0.1) is 0 Å². The van der Waals surface area contributed by atoms with Crippen molar-refractivity contribution >= 4 is 46.0 Å². The summed E-state index contributed by atoms with van der Waals surface area (Å²) in [6.07, 6.45) is 2.15. The third-order valence-electron chi connectivity index (χ3n) is 3.37. The second-order valence-electron chi connectivity index (χ2n) is 5.35. The van der Waals surface area contributed by atoms with E-state index < -0.39 is 5.25 Å². The van der Waals surface area contributed by atoms with Crippen molar-refractivity contribution in [2.45, 2.75) is 38.4 Å². The Kier molecular flexibility index (Phi) is 6.47. The Hall–Kier alpha value is -1.53. The summed E-state index contributed by atoms with van der Waals surface area (Å²) in [4.78, 5) is 28.3. The molecule has 2 amide bonds. The van der Waals surface area contributed by atoms with E-state index in [0.717, 1.165) is 18.4 Å². The number of aryl methyl sites for hydroxylation is 1. The monoisotopic (exact) mass is 353 g/mol. The lowest BCUT2D eigenvalue weighted by Gasteiger charge is -2.08. The van der Waals surface area contributed by atoms with Crippen molar-refractivity contribution in [1.82, 2.24) is 5.32 Å². The van der Waals surface area contributed by atoms with Gasteiger partial charge in [0, 0.05) is 23.7 Å². The molecule has 1 aliphatic heterocycles. The van der Waals surface area contributed by atoms with Crippen molar-refractivity contribution < 1.29 is 9.59 Å². The maximum atomic E-state index is 12.1. The van der Waals surface area contributed by atoms with Crippen LogP contribution in [0, 0.1) is 6.92 Å². The van der Waals surface area contributed by atoms with Gasteiger partial charge >= 0.3 is 0 Å². The Morgan fingerprint density at radius 3 is 2.96 bits per heavy atom. The largest absolute Gasteiger partial charge is 0.326 e. The van der Waals surface area contributed by atoms with E-state index in [-0.39, 0.29) is 18.2 Å². The van der Waals surface area contributed by atoms with Crippen molar-refractivity contribution in [3.63, 3.8) is 0 Å². The average Bonchev–Trinajstić information content (AvgIpc) is 2.83. The zero-order valence-electron chi connectivity index (χ0n) is 13.2. The first kappa shape index (κ1) is 17.8. The summed E-state index contributed by atoms with van der Waals surface area (Å²) in [5.41, 5.74) is 1.58. The molecule has 1 saturated heterocycles. The molecule has 0 radical (unpaired) electrons. The summed E-state index contributed by atoms with van der Waals surface area (Å²) in [6.45, 7) is 4.68. The van der Waals surface area contributed by atoms with E-state index in [1.807, 2.05) is 13.0 Å². The number of unbranched alkanes of at least 4 members (excludes halogenated alkanes) is 1. The van der Waals surface area contributed by atoms with Crippen LogP contribution in [0.4, 0.5) is 5.69 Å². The maximum Gasteiger partial charge on any atom is 0.240 e. The van der Waals surface area contributed by atoms with Crippen LogP contribution in [-0.2, 0) is 9.59 Å². The van der Waals surface area contributed by atoms with Crippen LogP contribution in [0.25, 0.3) is 0 Å². The van der Waals surface area contributed by atoms with Crippen LogP contribution in [0.3, 0.4) is 0 Å². The molecule has 0 saturated carbocycles. The fourth-order valence-electron chi connectivity index (χ4n) is 2.00. The number of carbonyl (C=O) groups is 2. The highest BCUT2D eigenvalue weighted by Gasteiger charge is 2.31. The summed E-state index contributed by atoms with van der Waals surface area (Å²) in [5, 5.41) is 6.26. The first-order valence-electron chi connectivity index (χ1n) is 7.57. The number of carbonyl (C=O) groups excluding carboxylic acids is 2. The van der Waals surface area contributed by atoms with Gasteiger partial charge in [-0.2, -0.15) is 0 Å². The number of amidine groups is 1. The SMILES string of the molecule is CCCCN=C1NC(=O)[C@@H](CC(=O)Nc2ccc(C)c(Cl)c2)S1. The molecular formula is C16H20ClN3O2S. The van der Waals surface area contributed by atoms with Gasteiger partial charge in [-0.25, -0.2) is 0 Å². The summed E-state index contributed by atoms with van der Waals surface area (Å²) in [7, 11) is 0. The van der Waals surface area contributed by atoms with Crippen LogP contribution in [-0.4, -0.2) is 28.8 Å². The number of thioether (sulfide) groups is 1. The summed E-state index contributed by atoms with van der Waals surface area (Å²) in [6, 6.07) is 5.33. The number of hydrogen-bond acceptors (Lipinski definition) is 4. The van der Waals surface area contributed by atoms with Crippen LogP contribution < -0.4 is 10.6 Å². The number of halogens is 1. The van der Waals surface area contributed by atoms with E-state index in [4.69, 9.17) is 11.6 Å². The van der Waals surface area contributed by atoms with Crippen molar-refractivity contribution in [3.05, 3.63) is 28.8 Å². The number of amides is 2. The van der Waals surface area contributed by atoms with Crippen LogP contribution >= 0.6 is 23.4 Å². The van der Waals surface area contributed by atoms with Gasteiger partial charge in [0.1, 0.15) is 5.25 Å². The van der Waals surface area contributed by atoms with E-state index in [0.29, 0.717) is 22.4 Å². The second-order valence-corrected chi connectivity index (χ2v) is 6.95. The van der Waals surface area contributed by atoms with E-state index in [1.165, 1.54) is 11.8 Å². The Bertz CT molecular complexity index is 634. The maximum absolute atomic E-state index is 12.1. The normalized spacial score (nSPS) is 19.0. The average molecular weight is 354 g/mol. The Balaban J connectivity index is 1.88. The molecule has 1 heterocycles. The summed E-state index contributed by atoms with van der Waals surface area (Å²) >= 11 is 7.35. The zero-order valence-corrected chi connectivity index (χ0v) is 14.8. The predicted molar refractivity (Wildman–Crippen MR) is 96.2 cm³/mol. The summed E-state index contributed by atoms with van der Waals surface area (Å²) < 4.78 is 0. The third-order valence-corrected chi connectivity index (χ3v) is 4.90. The number of nitrogens with zero attached hydrogens (tertiary/aromatic N) is 1. The van der Waals surface area contributed by atoms with Crippen molar-refractivity contribution in [2.24, 2.45) is 4.99 Å². The molecule has 0 bridgehead atoms. The Morgan fingerprint density at radius 2 is 2.26 bits per heavy atom. The van der Waals surface area contributed by atoms with Gasteiger partial charge in [0.05, 0.1) is 0 Å². The van der Waals surface area contributed by atoms with Gasteiger partial charge < -0.3 is 10.6 Å². The van der Waals surface area contributed by atoms with Crippen molar-refractivity contribution in [1.29, 1.82) is 0 Å². The highest BCUT2D eigenvalue weighted by Crippen LogP contribution is 2.24. The van der Waals surface area contributed by atoms with E-state index in [9.17, 15) is 9.59 Å². The van der Waals surface area contributed by atoms with E-state index >= 15 is 0 Å². The number of nitrogens with one attached hydrogen (secondary N) is 2. The van der Waals surface area contributed by atoms with Crippen LogP contribution in [0.15, 0.2) is 23.2 Å². The number of hydrogen-bond donors (Lipinski definition) is 2. The lowest BCUT2D eigenvalue weighted by atomic mass is 10.2. The van der Waals surface area contributed by atoms with E-state index in [1.54, 1.807) is 12.1 Å². The molecule has 0 spiro atoms. The second kappa shape index (κ2) is 8.36. The van der Waals surface area contributed by atoms with E-state index in [2.05, 4.69) is 22.5 Å². The van der Waals surface area contributed by atoms with Gasteiger partial charge in [-0.1, -0.05) is 42.8 Å². The molecule has 1 aliphatic rings. The quantitative estimate of drug-likeness (QED) is 0.770.